The molecule has 0 aromatic heterocycles. The minimum absolute atomic E-state index is 0.0276. The second-order valence-corrected chi connectivity index (χ2v) is 7.71. The number of ether oxygens (including phenoxy) is 3. The normalized spacial score (nSPS) is 15.6. The van der Waals surface area contributed by atoms with Gasteiger partial charge >= 0.3 is 0 Å². The maximum absolute atomic E-state index is 12.7. The van der Waals surface area contributed by atoms with Crippen molar-refractivity contribution in [3.8, 4) is 17.2 Å². The molecule has 0 saturated carbocycles. The molecule has 1 saturated heterocycles. The number of rotatable bonds is 9. The van der Waals surface area contributed by atoms with Gasteiger partial charge in [0.2, 0.25) is 11.7 Å². The lowest BCUT2D eigenvalue weighted by Gasteiger charge is -2.36. The van der Waals surface area contributed by atoms with E-state index in [1.165, 1.54) is 0 Å². The van der Waals surface area contributed by atoms with Gasteiger partial charge < -0.3 is 24.2 Å². The van der Waals surface area contributed by atoms with Crippen molar-refractivity contribution >= 4 is 12.0 Å². The molecular weight excluding hydrogens is 408 g/mol. The number of hydrogen-bond acceptors (Lipinski definition) is 6. The van der Waals surface area contributed by atoms with Gasteiger partial charge in [-0.05, 0) is 29.3 Å². The maximum Gasteiger partial charge on any atom is 0.246 e. The molecule has 1 heterocycles. The summed E-state index contributed by atoms with van der Waals surface area (Å²) in [4.78, 5) is 16.9. The van der Waals surface area contributed by atoms with Crippen molar-refractivity contribution in [1.29, 1.82) is 0 Å². The summed E-state index contributed by atoms with van der Waals surface area (Å²) in [6.45, 7) is 3.78. The molecule has 0 bridgehead atoms. The standard InChI is InChI=1S/C25H32N2O5/c1-30-22-15-19(16-23(31-2)25(22)32-3)9-10-24(29)27-13-11-26(12-14-27)17-21(18-28)20-7-5-4-6-8-20/h4-10,15-16,21,28H,11-14,17-18H2,1-3H3. The molecule has 0 radical (unpaired) electrons. The third kappa shape index (κ3) is 5.81. The Labute approximate surface area is 189 Å². The number of aliphatic hydroxyl groups excluding tert-OH is 1. The Morgan fingerprint density at radius 3 is 2.16 bits per heavy atom. The minimum Gasteiger partial charge on any atom is -0.493 e. The fourth-order valence-electron chi connectivity index (χ4n) is 3.93. The zero-order valence-electron chi connectivity index (χ0n) is 19.0. The molecule has 2 aromatic rings. The van der Waals surface area contributed by atoms with Crippen LogP contribution in [0.1, 0.15) is 17.0 Å². The zero-order valence-corrected chi connectivity index (χ0v) is 19.0. The Balaban J connectivity index is 1.57. The molecule has 1 N–H and O–H groups in total. The van der Waals surface area contributed by atoms with E-state index < -0.39 is 0 Å². The Morgan fingerprint density at radius 1 is 1.00 bits per heavy atom. The number of aliphatic hydroxyl groups is 1. The molecule has 32 heavy (non-hydrogen) atoms. The van der Waals surface area contributed by atoms with Crippen molar-refractivity contribution in [3.05, 3.63) is 59.7 Å². The summed E-state index contributed by atoms with van der Waals surface area (Å²) in [6, 6.07) is 13.7. The molecule has 0 aliphatic carbocycles. The zero-order chi connectivity index (χ0) is 22.9. The van der Waals surface area contributed by atoms with Crippen LogP contribution >= 0.6 is 0 Å². The van der Waals surface area contributed by atoms with Crippen LogP contribution in [-0.4, -0.2) is 81.5 Å². The van der Waals surface area contributed by atoms with Crippen LogP contribution in [-0.2, 0) is 4.79 Å². The van der Waals surface area contributed by atoms with Gasteiger partial charge in [0.15, 0.2) is 11.5 Å². The average Bonchev–Trinajstić information content (AvgIpc) is 2.85. The smallest absolute Gasteiger partial charge is 0.246 e. The Kier molecular flexibility index (Phi) is 8.53. The van der Waals surface area contributed by atoms with Crippen LogP contribution in [0.3, 0.4) is 0 Å². The quantitative estimate of drug-likeness (QED) is 0.605. The number of carbonyl (C=O) groups excluding carboxylic acids is 1. The highest BCUT2D eigenvalue weighted by atomic mass is 16.5. The average molecular weight is 441 g/mol. The van der Waals surface area contributed by atoms with E-state index in [1.807, 2.05) is 35.2 Å². The van der Waals surface area contributed by atoms with Gasteiger partial charge in [-0.1, -0.05) is 30.3 Å². The van der Waals surface area contributed by atoms with Crippen LogP contribution in [0.5, 0.6) is 17.2 Å². The SMILES string of the molecule is COc1cc(C=CC(=O)N2CCN(CC(CO)c3ccccc3)CC2)cc(OC)c1OC. The molecule has 1 fully saturated rings. The maximum atomic E-state index is 12.7. The van der Waals surface area contributed by atoms with E-state index >= 15 is 0 Å². The molecule has 2 aromatic carbocycles. The molecule has 172 valence electrons. The summed E-state index contributed by atoms with van der Waals surface area (Å²) >= 11 is 0. The molecule has 7 nitrogen and oxygen atoms in total. The van der Waals surface area contributed by atoms with Crippen molar-refractivity contribution in [2.75, 3.05) is 60.7 Å². The predicted molar refractivity (Wildman–Crippen MR) is 124 cm³/mol. The van der Waals surface area contributed by atoms with Crippen molar-refractivity contribution in [1.82, 2.24) is 9.80 Å². The van der Waals surface area contributed by atoms with Crippen LogP contribution in [0.4, 0.5) is 0 Å². The summed E-state index contributed by atoms with van der Waals surface area (Å²) in [5, 5.41) is 9.81. The first-order valence-electron chi connectivity index (χ1n) is 10.7. The number of carbonyl (C=O) groups is 1. The van der Waals surface area contributed by atoms with Crippen LogP contribution < -0.4 is 14.2 Å². The van der Waals surface area contributed by atoms with E-state index in [4.69, 9.17) is 14.2 Å². The van der Waals surface area contributed by atoms with Crippen molar-refractivity contribution < 1.29 is 24.1 Å². The molecule has 1 atom stereocenters. The number of nitrogens with zero attached hydrogens (tertiary/aromatic N) is 2. The monoisotopic (exact) mass is 440 g/mol. The van der Waals surface area contributed by atoms with Gasteiger partial charge in [0.05, 0.1) is 27.9 Å². The van der Waals surface area contributed by atoms with Gasteiger partial charge in [0.25, 0.3) is 0 Å². The number of benzene rings is 2. The fraction of sp³-hybridized carbons (Fsp3) is 0.400. The lowest BCUT2D eigenvalue weighted by molar-refractivity contribution is -0.127. The second kappa shape index (κ2) is 11.5. The number of piperazine rings is 1. The summed E-state index contributed by atoms with van der Waals surface area (Å²) in [7, 11) is 4.69. The third-order valence-electron chi connectivity index (χ3n) is 5.76. The lowest BCUT2D eigenvalue weighted by Crippen LogP contribution is -2.49. The van der Waals surface area contributed by atoms with Crippen molar-refractivity contribution in [2.45, 2.75) is 5.92 Å². The van der Waals surface area contributed by atoms with E-state index in [2.05, 4.69) is 17.0 Å². The summed E-state index contributed by atoms with van der Waals surface area (Å²) in [5.74, 6) is 1.67. The van der Waals surface area contributed by atoms with Gasteiger partial charge in [-0.3, -0.25) is 9.69 Å². The Bertz CT molecular complexity index is 883. The van der Waals surface area contributed by atoms with E-state index in [0.29, 0.717) is 30.3 Å². The summed E-state index contributed by atoms with van der Waals surface area (Å²) in [5.41, 5.74) is 1.93. The number of amides is 1. The molecule has 1 aliphatic rings. The molecular formula is C25H32N2O5. The number of hydrogen-bond donors (Lipinski definition) is 1. The summed E-state index contributed by atoms with van der Waals surface area (Å²) < 4.78 is 16.1. The van der Waals surface area contributed by atoms with Gasteiger partial charge in [-0.25, -0.2) is 0 Å². The van der Waals surface area contributed by atoms with E-state index in [1.54, 1.807) is 33.5 Å². The van der Waals surface area contributed by atoms with Crippen LogP contribution in [0.2, 0.25) is 0 Å². The first-order valence-corrected chi connectivity index (χ1v) is 10.7. The van der Waals surface area contributed by atoms with Crippen LogP contribution in [0, 0.1) is 0 Å². The summed E-state index contributed by atoms with van der Waals surface area (Å²) in [6.07, 6.45) is 3.34. The molecule has 1 aliphatic heterocycles. The predicted octanol–water partition coefficient (Wildman–Crippen LogP) is 2.65. The first kappa shape index (κ1) is 23.6. The molecule has 1 amide bonds. The highest BCUT2D eigenvalue weighted by Gasteiger charge is 2.22. The second-order valence-electron chi connectivity index (χ2n) is 7.71. The largest absolute Gasteiger partial charge is 0.493 e. The Hall–Kier alpha value is -3.03. The van der Waals surface area contributed by atoms with E-state index in [9.17, 15) is 9.90 Å². The first-order chi connectivity index (χ1) is 15.6. The van der Waals surface area contributed by atoms with E-state index in [-0.39, 0.29) is 18.4 Å². The highest BCUT2D eigenvalue weighted by molar-refractivity contribution is 5.92. The lowest BCUT2D eigenvalue weighted by atomic mass is 9.99. The third-order valence-corrected chi connectivity index (χ3v) is 5.76. The van der Waals surface area contributed by atoms with Crippen molar-refractivity contribution in [3.63, 3.8) is 0 Å². The Morgan fingerprint density at radius 2 is 1.62 bits per heavy atom. The van der Waals surface area contributed by atoms with Gasteiger partial charge in [0, 0.05) is 44.7 Å². The number of methoxy groups -OCH3 is 3. The minimum atomic E-state index is -0.0276. The van der Waals surface area contributed by atoms with Gasteiger partial charge in [0.1, 0.15) is 0 Å². The van der Waals surface area contributed by atoms with E-state index in [0.717, 1.165) is 30.8 Å². The molecule has 1 unspecified atom stereocenters. The van der Waals surface area contributed by atoms with Crippen molar-refractivity contribution in [2.24, 2.45) is 0 Å². The van der Waals surface area contributed by atoms with Crippen LogP contribution in [0.25, 0.3) is 6.08 Å². The molecule has 7 heteroatoms. The van der Waals surface area contributed by atoms with Gasteiger partial charge in [-0.15, -0.1) is 0 Å². The fourth-order valence-corrected chi connectivity index (χ4v) is 3.93. The topological polar surface area (TPSA) is 71.5 Å². The molecule has 0 spiro atoms. The molecule has 3 rings (SSSR count). The highest BCUT2D eigenvalue weighted by Crippen LogP contribution is 2.38. The van der Waals surface area contributed by atoms with Crippen LogP contribution in [0.15, 0.2) is 48.5 Å². The van der Waals surface area contributed by atoms with Gasteiger partial charge in [-0.2, -0.15) is 0 Å².